The number of benzene rings is 2. The molecule has 0 aliphatic carbocycles. The SMILES string of the molecule is O=C(Cn1cnc(-c2nc(-c3ccccc3)cs2)c1)NCc1ccccc1. The molecule has 0 bridgehead atoms. The van der Waals surface area contributed by atoms with E-state index in [0.29, 0.717) is 6.54 Å². The predicted molar refractivity (Wildman–Crippen MR) is 107 cm³/mol. The highest BCUT2D eigenvalue weighted by atomic mass is 32.1. The molecule has 27 heavy (non-hydrogen) atoms. The van der Waals surface area contributed by atoms with Gasteiger partial charge in [-0.3, -0.25) is 4.79 Å². The number of nitrogens with zero attached hydrogens (tertiary/aromatic N) is 3. The van der Waals surface area contributed by atoms with Crippen molar-refractivity contribution < 1.29 is 4.79 Å². The van der Waals surface area contributed by atoms with Gasteiger partial charge >= 0.3 is 0 Å². The highest BCUT2D eigenvalue weighted by Gasteiger charge is 2.10. The molecule has 0 aliphatic rings. The smallest absolute Gasteiger partial charge is 0.240 e. The van der Waals surface area contributed by atoms with Crippen LogP contribution in [-0.2, 0) is 17.9 Å². The molecular weight excluding hydrogens is 356 g/mol. The number of rotatable bonds is 6. The number of carbonyl (C=O) groups excluding carboxylic acids is 1. The van der Waals surface area contributed by atoms with Crippen molar-refractivity contribution in [1.82, 2.24) is 19.9 Å². The highest BCUT2D eigenvalue weighted by Crippen LogP contribution is 2.27. The first-order valence-electron chi connectivity index (χ1n) is 8.61. The number of hydrogen-bond acceptors (Lipinski definition) is 4. The largest absolute Gasteiger partial charge is 0.350 e. The third-order valence-corrected chi connectivity index (χ3v) is 4.95. The molecule has 0 fully saturated rings. The zero-order chi connectivity index (χ0) is 18.5. The maximum Gasteiger partial charge on any atom is 0.240 e. The van der Waals surface area contributed by atoms with Gasteiger partial charge < -0.3 is 9.88 Å². The van der Waals surface area contributed by atoms with Crippen molar-refractivity contribution in [2.24, 2.45) is 0 Å². The van der Waals surface area contributed by atoms with Gasteiger partial charge in [-0.2, -0.15) is 0 Å². The van der Waals surface area contributed by atoms with Gasteiger partial charge in [0.1, 0.15) is 17.2 Å². The average molecular weight is 374 g/mol. The first kappa shape index (κ1) is 17.2. The quantitative estimate of drug-likeness (QED) is 0.555. The lowest BCUT2D eigenvalue weighted by Crippen LogP contribution is -2.26. The fourth-order valence-corrected chi connectivity index (χ4v) is 3.50. The Bertz CT molecular complexity index is 1020. The normalized spacial score (nSPS) is 10.7. The average Bonchev–Trinajstić information content (AvgIpc) is 3.37. The summed E-state index contributed by atoms with van der Waals surface area (Å²) in [6, 6.07) is 19.9. The van der Waals surface area contributed by atoms with Crippen LogP contribution >= 0.6 is 11.3 Å². The van der Waals surface area contributed by atoms with Crippen LogP contribution < -0.4 is 5.32 Å². The monoisotopic (exact) mass is 374 g/mol. The van der Waals surface area contributed by atoms with Gasteiger partial charge in [-0.05, 0) is 5.56 Å². The van der Waals surface area contributed by atoms with Crippen LogP contribution in [0.1, 0.15) is 5.56 Å². The molecule has 2 heterocycles. The fourth-order valence-electron chi connectivity index (χ4n) is 2.71. The third-order valence-electron chi connectivity index (χ3n) is 4.08. The molecule has 134 valence electrons. The molecule has 0 saturated carbocycles. The van der Waals surface area contributed by atoms with E-state index < -0.39 is 0 Å². The van der Waals surface area contributed by atoms with Gasteiger partial charge in [0.05, 0.1) is 12.0 Å². The second-order valence-electron chi connectivity index (χ2n) is 6.10. The number of hydrogen-bond donors (Lipinski definition) is 1. The third kappa shape index (κ3) is 4.30. The van der Waals surface area contributed by atoms with E-state index in [2.05, 4.69) is 15.3 Å². The van der Waals surface area contributed by atoms with Crippen molar-refractivity contribution in [2.45, 2.75) is 13.1 Å². The van der Waals surface area contributed by atoms with Crippen molar-refractivity contribution >= 4 is 17.2 Å². The summed E-state index contributed by atoms with van der Waals surface area (Å²) in [6.07, 6.45) is 3.52. The minimum absolute atomic E-state index is 0.0492. The summed E-state index contributed by atoms with van der Waals surface area (Å²) in [4.78, 5) is 21.2. The standard InChI is InChI=1S/C21H18N4OS/c26-20(22-11-16-7-3-1-4-8-16)13-25-12-18(23-15-25)21-24-19(14-27-21)17-9-5-2-6-10-17/h1-10,12,14-15H,11,13H2,(H,22,26). The molecule has 1 amide bonds. The molecule has 0 spiro atoms. The molecule has 4 aromatic rings. The maximum atomic E-state index is 12.1. The number of aromatic nitrogens is 3. The van der Waals surface area contributed by atoms with Crippen LogP contribution in [0.4, 0.5) is 0 Å². The Morgan fingerprint density at radius 3 is 2.52 bits per heavy atom. The second kappa shape index (κ2) is 7.97. The van der Waals surface area contributed by atoms with Crippen LogP contribution in [-0.4, -0.2) is 20.4 Å². The van der Waals surface area contributed by atoms with Crippen LogP contribution in [0.15, 0.2) is 78.6 Å². The van der Waals surface area contributed by atoms with Gasteiger partial charge in [0, 0.05) is 23.7 Å². The van der Waals surface area contributed by atoms with Gasteiger partial charge in [-0.25, -0.2) is 9.97 Å². The Labute approximate surface area is 161 Å². The predicted octanol–water partition coefficient (Wildman–Crippen LogP) is 3.99. The molecule has 6 heteroatoms. The van der Waals surface area contributed by atoms with E-state index in [1.54, 1.807) is 22.2 Å². The zero-order valence-electron chi connectivity index (χ0n) is 14.6. The van der Waals surface area contributed by atoms with E-state index >= 15 is 0 Å². The van der Waals surface area contributed by atoms with Crippen LogP contribution in [0.3, 0.4) is 0 Å². The summed E-state index contributed by atoms with van der Waals surface area (Å²) in [5, 5.41) is 5.79. The Kier molecular flexibility index (Phi) is 5.07. The maximum absolute atomic E-state index is 12.1. The molecule has 2 aromatic carbocycles. The summed E-state index contributed by atoms with van der Waals surface area (Å²) < 4.78 is 1.78. The van der Waals surface area contributed by atoms with Crippen molar-refractivity contribution in [3.8, 4) is 22.0 Å². The molecule has 0 atom stereocenters. The number of carbonyl (C=O) groups is 1. The molecular formula is C21H18N4OS. The van der Waals surface area contributed by atoms with Crippen molar-refractivity contribution in [1.29, 1.82) is 0 Å². The topological polar surface area (TPSA) is 59.8 Å². The van der Waals surface area contributed by atoms with E-state index in [1.165, 1.54) is 0 Å². The highest BCUT2D eigenvalue weighted by molar-refractivity contribution is 7.13. The number of thiazole rings is 1. The fraction of sp³-hybridized carbons (Fsp3) is 0.0952. The van der Waals surface area contributed by atoms with Crippen molar-refractivity contribution in [3.05, 3.63) is 84.1 Å². The molecule has 1 N–H and O–H groups in total. The van der Waals surface area contributed by atoms with E-state index in [0.717, 1.165) is 27.5 Å². The van der Waals surface area contributed by atoms with Gasteiger partial charge in [-0.1, -0.05) is 60.7 Å². The summed E-state index contributed by atoms with van der Waals surface area (Å²) >= 11 is 1.55. The van der Waals surface area contributed by atoms with Gasteiger partial charge in [-0.15, -0.1) is 11.3 Å². The lowest BCUT2D eigenvalue weighted by Gasteiger charge is -2.05. The van der Waals surface area contributed by atoms with Crippen LogP contribution in [0, 0.1) is 0 Å². The molecule has 0 unspecified atom stereocenters. The second-order valence-corrected chi connectivity index (χ2v) is 6.96. The van der Waals surface area contributed by atoms with Gasteiger partial charge in [0.2, 0.25) is 5.91 Å². The summed E-state index contributed by atoms with van der Waals surface area (Å²) in [7, 11) is 0. The van der Waals surface area contributed by atoms with E-state index in [9.17, 15) is 4.79 Å². The van der Waals surface area contributed by atoms with Crippen molar-refractivity contribution in [3.63, 3.8) is 0 Å². The zero-order valence-corrected chi connectivity index (χ0v) is 15.4. The Morgan fingerprint density at radius 1 is 1.00 bits per heavy atom. The molecule has 0 radical (unpaired) electrons. The molecule has 5 nitrogen and oxygen atoms in total. The van der Waals surface area contributed by atoms with Gasteiger partial charge in [0.15, 0.2) is 0 Å². The molecule has 0 aliphatic heterocycles. The Morgan fingerprint density at radius 2 is 1.74 bits per heavy atom. The first-order chi connectivity index (χ1) is 13.3. The molecule has 0 saturated heterocycles. The van der Waals surface area contributed by atoms with Crippen LogP contribution in [0.5, 0.6) is 0 Å². The number of imidazole rings is 1. The lowest BCUT2D eigenvalue weighted by molar-refractivity contribution is -0.121. The molecule has 4 rings (SSSR count). The van der Waals surface area contributed by atoms with Gasteiger partial charge in [0.25, 0.3) is 0 Å². The van der Waals surface area contributed by atoms with E-state index in [-0.39, 0.29) is 12.5 Å². The summed E-state index contributed by atoms with van der Waals surface area (Å²) in [5.74, 6) is -0.0492. The van der Waals surface area contributed by atoms with Crippen LogP contribution in [0.2, 0.25) is 0 Å². The Balaban J connectivity index is 1.39. The number of nitrogens with one attached hydrogen (secondary N) is 1. The van der Waals surface area contributed by atoms with E-state index in [4.69, 9.17) is 0 Å². The molecule has 2 aromatic heterocycles. The summed E-state index contributed by atoms with van der Waals surface area (Å²) in [6.45, 7) is 0.755. The lowest BCUT2D eigenvalue weighted by atomic mass is 10.2. The first-order valence-corrected chi connectivity index (χ1v) is 9.49. The van der Waals surface area contributed by atoms with Crippen molar-refractivity contribution in [2.75, 3.05) is 0 Å². The minimum atomic E-state index is -0.0492. The number of amides is 1. The minimum Gasteiger partial charge on any atom is -0.350 e. The van der Waals surface area contributed by atoms with E-state index in [1.807, 2.05) is 72.2 Å². The van der Waals surface area contributed by atoms with Crippen LogP contribution in [0.25, 0.3) is 22.0 Å². The Hall–Kier alpha value is -3.25. The summed E-state index contributed by atoms with van der Waals surface area (Å²) in [5.41, 5.74) is 3.87.